The maximum Gasteiger partial charge on any atom is 0.180 e. The van der Waals surface area contributed by atoms with Crippen molar-refractivity contribution in [2.45, 2.75) is 31.6 Å². The van der Waals surface area contributed by atoms with Crippen LogP contribution in [0.3, 0.4) is 0 Å². The Morgan fingerprint density at radius 3 is 2.60 bits per heavy atom. The van der Waals surface area contributed by atoms with Crippen LogP contribution in [-0.2, 0) is 9.84 Å². The molecule has 0 aliphatic carbocycles. The van der Waals surface area contributed by atoms with Gasteiger partial charge >= 0.3 is 0 Å². The maximum atomic E-state index is 12.0. The number of nitrogens with two attached hydrogens (primary N) is 1. The third kappa shape index (κ3) is 2.69. The van der Waals surface area contributed by atoms with E-state index in [0.717, 1.165) is 32.2 Å². The van der Waals surface area contributed by atoms with Crippen molar-refractivity contribution in [3.63, 3.8) is 0 Å². The first kappa shape index (κ1) is 15.3. The molecule has 0 amide bonds. The molecule has 0 radical (unpaired) electrons. The number of nitrogen functional groups attached to an aromatic ring is 1. The van der Waals surface area contributed by atoms with Crippen LogP contribution in [0.1, 0.15) is 36.4 Å². The van der Waals surface area contributed by atoms with Crippen molar-refractivity contribution in [2.75, 3.05) is 30.0 Å². The van der Waals surface area contributed by atoms with E-state index in [9.17, 15) is 13.2 Å². The van der Waals surface area contributed by atoms with E-state index in [1.165, 1.54) is 18.3 Å². The van der Waals surface area contributed by atoms with Crippen molar-refractivity contribution in [3.8, 4) is 0 Å². The summed E-state index contributed by atoms with van der Waals surface area (Å²) in [5.74, 6) is 0.390. The van der Waals surface area contributed by atoms with Gasteiger partial charge in [0.05, 0.1) is 10.6 Å². The number of rotatable bonds is 4. The molecule has 20 heavy (non-hydrogen) atoms. The molecule has 1 aliphatic rings. The van der Waals surface area contributed by atoms with E-state index in [4.69, 9.17) is 5.73 Å². The van der Waals surface area contributed by atoms with Crippen molar-refractivity contribution in [2.24, 2.45) is 5.92 Å². The molecule has 2 heterocycles. The summed E-state index contributed by atoms with van der Waals surface area (Å²) in [5.41, 5.74) is 6.02. The summed E-state index contributed by atoms with van der Waals surface area (Å²) in [4.78, 5) is 14.1. The Balaban J connectivity index is 2.53. The Kier molecular flexibility index (Phi) is 4.11. The van der Waals surface area contributed by atoms with Crippen LogP contribution in [0.5, 0.6) is 0 Å². The van der Waals surface area contributed by atoms with Crippen LogP contribution < -0.4 is 10.6 Å². The number of anilines is 2. The lowest BCUT2D eigenvalue weighted by Crippen LogP contribution is -2.20. The molecule has 1 fully saturated rings. The summed E-state index contributed by atoms with van der Waals surface area (Å²) in [5, 5.41) is 0.631. The highest BCUT2D eigenvalue weighted by molar-refractivity contribution is 7.91. The summed E-state index contributed by atoms with van der Waals surface area (Å²) in [6.45, 7) is 5.20. The number of hydrogen-bond acceptors (Lipinski definition) is 6. The Morgan fingerprint density at radius 1 is 1.50 bits per heavy atom. The van der Waals surface area contributed by atoms with E-state index in [2.05, 4.69) is 11.8 Å². The molecule has 0 bridgehead atoms. The average molecular weight is 316 g/mol. The van der Waals surface area contributed by atoms with Crippen LogP contribution in [0.2, 0.25) is 0 Å². The zero-order chi connectivity index (χ0) is 15.1. The Labute approximate surface area is 123 Å². The van der Waals surface area contributed by atoms with Gasteiger partial charge in [-0.15, -0.1) is 11.3 Å². The van der Waals surface area contributed by atoms with Crippen LogP contribution in [0.4, 0.5) is 10.7 Å². The second kappa shape index (κ2) is 5.37. The Morgan fingerprint density at radius 2 is 2.15 bits per heavy atom. The molecule has 5 nitrogen and oxygen atoms in total. The molecule has 0 aromatic carbocycles. The van der Waals surface area contributed by atoms with Crippen molar-refractivity contribution in [1.82, 2.24) is 0 Å². The number of Topliss-reactive ketones (excluding diaryl/α,β-unsaturated/α-hetero) is 1. The SMILES string of the molecule is CCC1CCN(c2sc(C(C)=O)c(N)c2S(C)(=O)=O)C1. The van der Waals surface area contributed by atoms with Crippen molar-refractivity contribution < 1.29 is 13.2 Å². The predicted molar refractivity (Wildman–Crippen MR) is 82.5 cm³/mol. The summed E-state index contributed by atoms with van der Waals surface area (Å²) >= 11 is 1.20. The van der Waals surface area contributed by atoms with Gasteiger partial charge in [0, 0.05) is 26.3 Å². The average Bonchev–Trinajstić information content (AvgIpc) is 2.91. The van der Waals surface area contributed by atoms with Gasteiger partial charge in [0.25, 0.3) is 0 Å². The van der Waals surface area contributed by atoms with Gasteiger partial charge < -0.3 is 10.6 Å². The van der Waals surface area contributed by atoms with Gasteiger partial charge in [0.1, 0.15) is 9.90 Å². The van der Waals surface area contributed by atoms with Gasteiger partial charge in [-0.2, -0.15) is 0 Å². The monoisotopic (exact) mass is 316 g/mol. The number of thiophene rings is 1. The first-order valence-corrected chi connectivity index (χ1v) is 9.34. The van der Waals surface area contributed by atoms with Crippen LogP contribution in [-0.4, -0.2) is 33.5 Å². The maximum absolute atomic E-state index is 12.0. The van der Waals surface area contributed by atoms with Crippen LogP contribution in [0.25, 0.3) is 0 Å². The predicted octanol–water partition coefficient (Wildman–Crippen LogP) is 2.17. The van der Waals surface area contributed by atoms with Crippen LogP contribution >= 0.6 is 11.3 Å². The second-order valence-corrected chi connectivity index (χ2v) is 8.27. The molecule has 2 N–H and O–H groups in total. The first-order chi connectivity index (χ1) is 9.25. The molecule has 1 saturated heterocycles. The number of sulfone groups is 1. The number of ketones is 1. The van der Waals surface area contributed by atoms with E-state index in [1.807, 2.05) is 0 Å². The zero-order valence-corrected chi connectivity index (χ0v) is 13.6. The molecule has 0 spiro atoms. The minimum absolute atomic E-state index is 0.111. The molecule has 2 rings (SSSR count). The van der Waals surface area contributed by atoms with E-state index in [-0.39, 0.29) is 16.4 Å². The fourth-order valence-electron chi connectivity index (χ4n) is 2.59. The lowest BCUT2D eigenvalue weighted by atomic mass is 10.1. The van der Waals surface area contributed by atoms with Gasteiger partial charge in [0.2, 0.25) is 0 Å². The third-order valence-corrected chi connectivity index (χ3v) is 6.37. The van der Waals surface area contributed by atoms with Crippen molar-refractivity contribution in [1.29, 1.82) is 0 Å². The highest BCUT2D eigenvalue weighted by Crippen LogP contribution is 2.43. The molecule has 7 heteroatoms. The van der Waals surface area contributed by atoms with Crippen molar-refractivity contribution in [3.05, 3.63) is 4.88 Å². The third-order valence-electron chi connectivity index (χ3n) is 3.72. The molecular formula is C13H20N2O3S2. The molecule has 1 aliphatic heterocycles. The largest absolute Gasteiger partial charge is 0.396 e. The number of nitrogens with zero attached hydrogens (tertiary/aromatic N) is 1. The van der Waals surface area contributed by atoms with E-state index < -0.39 is 9.84 Å². The molecular weight excluding hydrogens is 296 g/mol. The first-order valence-electron chi connectivity index (χ1n) is 6.63. The lowest BCUT2D eigenvalue weighted by Gasteiger charge is -2.18. The van der Waals surface area contributed by atoms with Gasteiger partial charge in [-0.05, 0) is 12.3 Å². The van der Waals surface area contributed by atoms with E-state index >= 15 is 0 Å². The molecule has 1 atom stereocenters. The van der Waals surface area contributed by atoms with Gasteiger partial charge in [0.15, 0.2) is 15.6 Å². The topological polar surface area (TPSA) is 80.5 Å². The minimum atomic E-state index is -3.45. The highest BCUT2D eigenvalue weighted by Gasteiger charge is 2.31. The highest BCUT2D eigenvalue weighted by atomic mass is 32.2. The Hall–Kier alpha value is -1.08. The number of carbonyl (C=O) groups excluding carboxylic acids is 1. The van der Waals surface area contributed by atoms with Gasteiger partial charge in [-0.1, -0.05) is 13.3 Å². The summed E-state index contributed by atoms with van der Waals surface area (Å²) < 4.78 is 24.0. The number of hydrogen-bond donors (Lipinski definition) is 1. The van der Waals surface area contributed by atoms with E-state index in [1.54, 1.807) is 0 Å². The summed E-state index contributed by atoms with van der Waals surface area (Å²) in [6, 6.07) is 0. The standard InChI is InChI=1S/C13H20N2O3S2/c1-4-9-5-6-15(7-9)13-12(20(3,17)18)10(14)11(19-13)8(2)16/h9H,4-7,14H2,1-3H3. The summed E-state index contributed by atoms with van der Waals surface area (Å²) in [7, 11) is -3.45. The van der Waals surface area contributed by atoms with Gasteiger partial charge in [-0.25, -0.2) is 8.42 Å². The minimum Gasteiger partial charge on any atom is -0.396 e. The van der Waals surface area contributed by atoms with Crippen LogP contribution in [0, 0.1) is 5.92 Å². The fraction of sp³-hybridized carbons (Fsp3) is 0.615. The second-order valence-electron chi connectivity index (χ2n) is 5.32. The zero-order valence-electron chi connectivity index (χ0n) is 12.0. The Bertz CT molecular complexity index is 634. The smallest absolute Gasteiger partial charge is 0.180 e. The van der Waals surface area contributed by atoms with Gasteiger partial charge in [-0.3, -0.25) is 4.79 Å². The molecule has 1 aromatic heterocycles. The number of carbonyl (C=O) groups is 1. The van der Waals surface area contributed by atoms with E-state index in [0.29, 0.717) is 15.8 Å². The van der Waals surface area contributed by atoms with Crippen molar-refractivity contribution >= 4 is 37.6 Å². The molecule has 1 unspecified atom stereocenters. The molecule has 1 aromatic rings. The fourth-order valence-corrected chi connectivity index (χ4v) is 5.23. The quantitative estimate of drug-likeness (QED) is 0.861. The normalized spacial score (nSPS) is 19.6. The lowest BCUT2D eigenvalue weighted by molar-refractivity contribution is 0.102. The molecule has 112 valence electrons. The molecule has 0 saturated carbocycles. The van der Waals surface area contributed by atoms with Crippen LogP contribution in [0.15, 0.2) is 4.90 Å². The summed E-state index contributed by atoms with van der Waals surface area (Å²) in [6.07, 6.45) is 3.27.